The molecule has 5 N–H and O–H groups in total. The number of carbonyl (C=O) groups excluding carboxylic acids is 2. The van der Waals surface area contributed by atoms with E-state index in [0.29, 0.717) is 12.8 Å². The molecule has 0 saturated heterocycles. The Hall–Kier alpha value is -1.10. The van der Waals surface area contributed by atoms with Gasteiger partial charge in [0.2, 0.25) is 5.91 Å². The second-order valence-corrected chi connectivity index (χ2v) is 10.2. The standard InChI is InChI=1S/C29H59N3O2/c1-3-5-7-9-11-13-15-17-19-21-25-31-28(33)24-23-27(30)29(34)32-26-22-20-18-16-14-12-10-8-6-4-2/h27H,3-26,30H2,1-2H3,(H,31,33)(H,32,34)/p+1. The molecule has 0 aromatic rings. The average molecular weight is 483 g/mol. The monoisotopic (exact) mass is 482 g/mol. The molecular weight excluding hydrogens is 422 g/mol. The Morgan fingerprint density at radius 3 is 1.32 bits per heavy atom. The molecule has 0 spiro atoms. The van der Waals surface area contributed by atoms with Crippen LogP contribution in [0.3, 0.4) is 0 Å². The van der Waals surface area contributed by atoms with Gasteiger partial charge in [-0.05, 0) is 12.8 Å². The molecule has 1 atom stereocenters. The summed E-state index contributed by atoms with van der Waals surface area (Å²) in [5.41, 5.74) is 3.95. The van der Waals surface area contributed by atoms with Crippen LogP contribution in [0.2, 0.25) is 0 Å². The van der Waals surface area contributed by atoms with Crippen molar-refractivity contribution >= 4 is 11.8 Å². The summed E-state index contributed by atoms with van der Waals surface area (Å²) in [6, 6.07) is -0.341. The van der Waals surface area contributed by atoms with Gasteiger partial charge in [-0.25, -0.2) is 0 Å². The lowest BCUT2D eigenvalue weighted by Crippen LogP contribution is -2.67. The van der Waals surface area contributed by atoms with Crippen molar-refractivity contribution in [3.05, 3.63) is 0 Å². The largest absolute Gasteiger partial charge is 0.356 e. The predicted molar refractivity (Wildman–Crippen MR) is 146 cm³/mol. The summed E-state index contributed by atoms with van der Waals surface area (Å²) in [7, 11) is 0. The fourth-order valence-corrected chi connectivity index (χ4v) is 4.33. The Balaban J connectivity index is 3.44. The van der Waals surface area contributed by atoms with Gasteiger partial charge in [0.15, 0.2) is 6.04 Å². The van der Waals surface area contributed by atoms with Crippen LogP contribution in [0.4, 0.5) is 0 Å². The van der Waals surface area contributed by atoms with E-state index < -0.39 is 0 Å². The molecule has 2 amide bonds. The average Bonchev–Trinajstić information content (AvgIpc) is 2.84. The van der Waals surface area contributed by atoms with Crippen LogP contribution in [-0.4, -0.2) is 30.9 Å². The molecule has 0 aromatic carbocycles. The van der Waals surface area contributed by atoms with E-state index in [9.17, 15) is 9.59 Å². The molecule has 0 rings (SSSR count). The molecule has 0 fully saturated rings. The Bertz CT molecular complexity index is 457. The number of hydrogen-bond acceptors (Lipinski definition) is 2. The van der Waals surface area contributed by atoms with E-state index >= 15 is 0 Å². The second kappa shape index (κ2) is 26.5. The van der Waals surface area contributed by atoms with Gasteiger partial charge in [0.25, 0.3) is 5.91 Å². The Kier molecular flexibility index (Phi) is 25.6. The molecule has 1 unspecified atom stereocenters. The molecule has 5 heteroatoms. The molecule has 0 saturated carbocycles. The number of amides is 2. The summed E-state index contributed by atoms with van der Waals surface area (Å²) in [6.45, 7) is 5.99. The maximum atomic E-state index is 12.2. The molecule has 0 aliphatic carbocycles. The normalized spacial score (nSPS) is 12.0. The van der Waals surface area contributed by atoms with Gasteiger partial charge < -0.3 is 16.4 Å². The zero-order chi connectivity index (χ0) is 25.1. The number of nitrogens with one attached hydrogen (secondary N) is 2. The predicted octanol–water partition coefficient (Wildman–Crippen LogP) is 6.45. The molecule has 0 heterocycles. The lowest BCUT2D eigenvalue weighted by atomic mass is 10.1. The zero-order valence-corrected chi connectivity index (χ0v) is 23.1. The van der Waals surface area contributed by atoms with Gasteiger partial charge in [0.05, 0.1) is 0 Å². The summed E-state index contributed by atoms with van der Waals surface area (Å²) < 4.78 is 0. The lowest BCUT2D eigenvalue weighted by Gasteiger charge is -2.10. The van der Waals surface area contributed by atoms with Crippen LogP contribution in [0, 0.1) is 0 Å². The maximum Gasteiger partial charge on any atom is 0.278 e. The fourth-order valence-electron chi connectivity index (χ4n) is 4.33. The third-order valence-corrected chi connectivity index (χ3v) is 6.77. The second-order valence-electron chi connectivity index (χ2n) is 10.2. The van der Waals surface area contributed by atoms with E-state index in [2.05, 4.69) is 30.2 Å². The smallest absolute Gasteiger partial charge is 0.278 e. The van der Waals surface area contributed by atoms with E-state index in [4.69, 9.17) is 0 Å². The topological polar surface area (TPSA) is 85.8 Å². The molecule has 202 valence electrons. The summed E-state index contributed by atoms with van der Waals surface area (Å²) in [5, 5.41) is 5.98. The minimum absolute atomic E-state index is 0.0154. The van der Waals surface area contributed by atoms with Crippen molar-refractivity contribution in [2.75, 3.05) is 13.1 Å². The molecule has 0 radical (unpaired) electrons. The van der Waals surface area contributed by atoms with Crippen molar-refractivity contribution < 1.29 is 15.3 Å². The SMILES string of the molecule is CCCCCCCCCCCCNC(=O)CCC([NH3+])C(=O)NCCCCCCCCCCCC. The van der Waals surface area contributed by atoms with Crippen LogP contribution in [0.15, 0.2) is 0 Å². The van der Waals surface area contributed by atoms with Crippen LogP contribution in [0.5, 0.6) is 0 Å². The van der Waals surface area contributed by atoms with Crippen LogP contribution >= 0.6 is 0 Å². The minimum Gasteiger partial charge on any atom is -0.356 e. The van der Waals surface area contributed by atoms with Gasteiger partial charge in [-0.1, -0.05) is 129 Å². The van der Waals surface area contributed by atoms with E-state index in [1.807, 2.05) is 0 Å². The molecule has 0 bridgehead atoms. The van der Waals surface area contributed by atoms with Crippen molar-refractivity contribution in [3.8, 4) is 0 Å². The number of unbranched alkanes of at least 4 members (excludes halogenated alkanes) is 18. The van der Waals surface area contributed by atoms with E-state index in [0.717, 1.165) is 25.9 Å². The van der Waals surface area contributed by atoms with E-state index in [1.165, 1.54) is 116 Å². The fraction of sp³-hybridized carbons (Fsp3) is 0.931. The Labute approximate surface area is 212 Å². The summed E-state index contributed by atoms with van der Waals surface area (Å²) in [4.78, 5) is 24.2. The highest BCUT2D eigenvalue weighted by molar-refractivity contribution is 5.81. The van der Waals surface area contributed by atoms with Crippen molar-refractivity contribution in [2.45, 2.75) is 161 Å². The number of hydrogen-bond donors (Lipinski definition) is 3. The quantitative estimate of drug-likeness (QED) is 0.124. The molecule has 0 aromatic heterocycles. The van der Waals surface area contributed by atoms with Crippen molar-refractivity contribution in [1.82, 2.24) is 10.6 Å². The van der Waals surface area contributed by atoms with Crippen LogP contribution in [0.1, 0.15) is 155 Å². The van der Waals surface area contributed by atoms with E-state index in [-0.39, 0.29) is 17.9 Å². The number of carbonyl (C=O) groups is 2. The van der Waals surface area contributed by atoms with Gasteiger partial charge in [0, 0.05) is 25.9 Å². The Morgan fingerprint density at radius 1 is 0.559 bits per heavy atom. The van der Waals surface area contributed by atoms with Crippen LogP contribution < -0.4 is 16.4 Å². The summed E-state index contributed by atoms with van der Waals surface area (Å²) in [6.07, 6.45) is 26.9. The first-order valence-electron chi connectivity index (χ1n) is 15.0. The first kappa shape index (κ1) is 32.9. The highest BCUT2D eigenvalue weighted by Crippen LogP contribution is 2.11. The number of rotatable bonds is 26. The lowest BCUT2D eigenvalue weighted by molar-refractivity contribution is -0.404. The van der Waals surface area contributed by atoms with Gasteiger partial charge in [-0.3, -0.25) is 9.59 Å². The zero-order valence-electron chi connectivity index (χ0n) is 23.1. The van der Waals surface area contributed by atoms with Crippen molar-refractivity contribution in [3.63, 3.8) is 0 Å². The summed E-state index contributed by atoms with van der Waals surface area (Å²) >= 11 is 0. The highest BCUT2D eigenvalue weighted by Gasteiger charge is 2.17. The molecule has 0 aliphatic rings. The minimum atomic E-state index is -0.341. The Morgan fingerprint density at radius 2 is 0.912 bits per heavy atom. The van der Waals surface area contributed by atoms with Crippen molar-refractivity contribution in [2.24, 2.45) is 0 Å². The summed E-state index contributed by atoms with van der Waals surface area (Å²) in [5.74, 6) is 0.0329. The van der Waals surface area contributed by atoms with Gasteiger partial charge in [0.1, 0.15) is 0 Å². The first-order chi connectivity index (χ1) is 16.6. The molecular formula is C29H60N3O2+. The van der Waals surface area contributed by atoms with Gasteiger partial charge in [-0.15, -0.1) is 0 Å². The van der Waals surface area contributed by atoms with Gasteiger partial charge in [-0.2, -0.15) is 0 Å². The molecule has 34 heavy (non-hydrogen) atoms. The van der Waals surface area contributed by atoms with Crippen molar-refractivity contribution in [1.29, 1.82) is 0 Å². The van der Waals surface area contributed by atoms with E-state index in [1.54, 1.807) is 0 Å². The highest BCUT2D eigenvalue weighted by atomic mass is 16.2. The molecule has 0 aliphatic heterocycles. The molecule has 5 nitrogen and oxygen atoms in total. The maximum absolute atomic E-state index is 12.2. The number of quaternary nitrogens is 1. The third kappa shape index (κ3) is 24.0. The van der Waals surface area contributed by atoms with Gasteiger partial charge >= 0.3 is 0 Å². The van der Waals surface area contributed by atoms with Crippen LogP contribution in [0.25, 0.3) is 0 Å². The third-order valence-electron chi connectivity index (χ3n) is 6.77. The first-order valence-corrected chi connectivity index (χ1v) is 15.0. The van der Waals surface area contributed by atoms with Crippen LogP contribution in [-0.2, 0) is 9.59 Å².